The molecule has 13 heteroatoms. The largest absolute Gasteiger partial charge is 0.394 e. The van der Waals surface area contributed by atoms with E-state index in [2.05, 4.69) is 30.9 Å². The fourth-order valence-electron chi connectivity index (χ4n) is 4.10. The average Bonchev–Trinajstić information content (AvgIpc) is 3.37. The number of aromatic nitrogens is 8. The summed E-state index contributed by atoms with van der Waals surface area (Å²) < 4.78 is 30.0. The van der Waals surface area contributed by atoms with Crippen LogP contribution in [0.1, 0.15) is 34.1 Å². The van der Waals surface area contributed by atoms with Crippen molar-refractivity contribution in [3.8, 4) is 16.8 Å². The number of aliphatic hydroxyl groups is 1. The van der Waals surface area contributed by atoms with Crippen LogP contribution in [-0.2, 0) is 6.54 Å². The number of aliphatic hydroxyl groups excluding tert-OH is 1. The summed E-state index contributed by atoms with van der Waals surface area (Å²) in [6, 6.07) is 8.88. The van der Waals surface area contributed by atoms with Crippen molar-refractivity contribution < 1.29 is 18.7 Å². The molecule has 1 saturated carbocycles. The number of fused-ring (bicyclic) bond motifs is 1. The standard InChI is InChI=1S/C24H21F2N9O2/c1-14-2-3-17(35-31-22(30-32-35)19-10-24(19,25)26)9-20(14)29-23(37)18-12-28-34-5-4-15(8-21(18)34)16-11-27-33(13-16)6-7-36/h2-5,8-9,11-13,19,36H,6-7,10H2,1H3,(H,29,37). The molecule has 11 nitrogen and oxygen atoms in total. The SMILES string of the molecule is Cc1ccc(-n2nnc(C3CC3(F)F)n2)cc1NC(=O)c1cnn2ccc(-c3cnn(CCO)c3)cc12. The number of alkyl halides is 2. The fraction of sp³-hybridized carbons (Fsp3) is 0.250. The van der Waals surface area contributed by atoms with Crippen molar-refractivity contribution in [1.82, 2.24) is 39.6 Å². The number of nitrogens with one attached hydrogen (secondary N) is 1. The van der Waals surface area contributed by atoms with Crippen molar-refractivity contribution in [1.29, 1.82) is 0 Å². The first-order valence-electron chi connectivity index (χ1n) is 11.5. The van der Waals surface area contributed by atoms with Gasteiger partial charge in [0.25, 0.3) is 11.8 Å². The van der Waals surface area contributed by atoms with Gasteiger partial charge in [0.05, 0.1) is 48.2 Å². The Kier molecular flexibility index (Phi) is 5.30. The number of halogens is 2. The molecule has 188 valence electrons. The number of pyridine rings is 1. The molecule has 6 rings (SSSR count). The Morgan fingerprint density at radius 1 is 1.19 bits per heavy atom. The molecule has 0 aliphatic heterocycles. The third-order valence-corrected chi connectivity index (χ3v) is 6.33. The highest BCUT2D eigenvalue weighted by Crippen LogP contribution is 2.54. The van der Waals surface area contributed by atoms with Crippen LogP contribution in [0.2, 0.25) is 0 Å². The zero-order valence-corrected chi connectivity index (χ0v) is 19.6. The molecule has 1 aliphatic rings. The summed E-state index contributed by atoms with van der Waals surface area (Å²) in [6.45, 7) is 2.21. The van der Waals surface area contributed by atoms with Gasteiger partial charge in [0.15, 0.2) is 5.82 Å². The van der Waals surface area contributed by atoms with Crippen LogP contribution in [0, 0.1) is 6.92 Å². The molecule has 1 aromatic carbocycles. The van der Waals surface area contributed by atoms with Crippen molar-refractivity contribution in [3.63, 3.8) is 0 Å². The van der Waals surface area contributed by atoms with Gasteiger partial charge in [-0.15, -0.1) is 15.0 Å². The van der Waals surface area contributed by atoms with Gasteiger partial charge in [0.2, 0.25) is 0 Å². The number of anilines is 1. The number of carbonyl (C=O) groups excluding carboxylic acids is 1. The lowest BCUT2D eigenvalue weighted by Crippen LogP contribution is -2.13. The highest BCUT2D eigenvalue weighted by molar-refractivity contribution is 6.09. The second kappa shape index (κ2) is 8.55. The number of tetrazole rings is 1. The summed E-state index contributed by atoms with van der Waals surface area (Å²) >= 11 is 0. The highest BCUT2D eigenvalue weighted by atomic mass is 19.3. The second-order valence-corrected chi connectivity index (χ2v) is 8.93. The first-order valence-corrected chi connectivity index (χ1v) is 11.5. The Labute approximate surface area is 208 Å². The van der Waals surface area contributed by atoms with E-state index in [1.807, 2.05) is 25.3 Å². The van der Waals surface area contributed by atoms with E-state index in [-0.39, 0.29) is 24.8 Å². The van der Waals surface area contributed by atoms with Gasteiger partial charge in [-0.3, -0.25) is 9.48 Å². The number of rotatable bonds is 7. The summed E-state index contributed by atoms with van der Waals surface area (Å²) in [5.74, 6) is -4.15. The third-order valence-electron chi connectivity index (χ3n) is 6.33. The molecule has 2 N–H and O–H groups in total. The van der Waals surface area contributed by atoms with Gasteiger partial charge in [-0.2, -0.15) is 10.2 Å². The summed E-state index contributed by atoms with van der Waals surface area (Å²) in [6.07, 6.45) is 6.49. The molecule has 4 heterocycles. The Bertz CT molecular complexity index is 1640. The molecule has 1 fully saturated rings. The molecule has 5 aromatic rings. The molecule has 1 amide bonds. The van der Waals surface area contributed by atoms with Crippen molar-refractivity contribution in [3.05, 3.63) is 72.1 Å². The van der Waals surface area contributed by atoms with Crippen LogP contribution in [0.4, 0.5) is 14.5 Å². The normalized spacial score (nSPS) is 16.3. The maximum absolute atomic E-state index is 13.4. The van der Waals surface area contributed by atoms with Crippen LogP contribution in [0.15, 0.2) is 55.1 Å². The molecule has 0 saturated heterocycles. The lowest BCUT2D eigenvalue weighted by molar-refractivity contribution is 0.102. The zero-order chi connectivity index (χ0) is 25.7. The summed E-state index contributed by atoms with van der Waals surface area (Å²) in [5.41, 5.74) is 4.44. The number of amides is 1. The fourth-order valence-corrected chi connectivity index (χ4v) is 4.10. The number of aryl methyl sites for hydroxylation is 1. The molecule has 0 spiro atoms. The van der Waals surface area contributed by atoms with E-state index in [0.717, 1.165) is 16.7 Å². The van der Waals surface area contributed by atoms with Crippen LogP contribution in [0.5, 0.6) is 0 Å². The quantitative estimate of drug-likeness (QED) is 0.348. The van der Waals surface area contributed by atoms with Crippen molar-refractivity contribution in [2.24, 2.45) is 0 Å². The number of nitrogens with zero attached hydrogens (tertiary/aromatic N) is 8. The first kappa shape index (κ1) is 22.9. The Balaban J connectivity index is 1.26. The zero-order valence-electron chi connectivity index (χ0n) is 19.6. The number of carbonyl (C=O) groups is 1. The van der Waals surface area contributed by atoms with E-state index in [0.29, 0.717) is 29.0 Å². The van der Waals surface area contributed by atoms with Gasteiger partial charge >= 0.3 is 0 Å². The molecule has 4 aromatic heterocycles. The van der Waals surface area contributed by atoms with E-state index < -0.39 is 11.8 Å². The average molecular weight is 505 g/mol. The summed E-state index contributed by atoms with van der Waals surface area (Å²) in [7, 11) is 0. The van der Waals surface area contributed by atoms with E-state index in [1.54, 1.807) is 39.8 Å². The molecule has 1 aliphatic carbocycles. The van der Waals surface area contributed by atoms with Gasteiger partial charge in [0, 0.05) is 30.1 Å². The molecule has 0 bridgehead atoms. The summed E-state index contributed by atoms with van der Waals surface area (Å²) in [4.78, 5) is 14.4. The van der Waals surface area contributed by atoms with Crippen LogP contribution < -0.4 is 5.32 Å². The van der Waals surface area contributed by atoms with E-state index >= 15 is 0 Å². The number of hydrogen-bond donors (Lipinski definition) is 2. The third kappa shape index (κ3) is 4.22. The Hall–Kier alpha value is -4.52. The lowest BCUT2D eigenvalue weighted by atomic mass is 10.1. The molecular formula is C24H21F2N9O2. The lowest BCUT2D eigenvalue weighted by Gasteiger charge is -2.10. The van der Waals surface area contributed by atoms with Crippen LogP contribution in [-0.4, -0.2) is 63.1 Å². The second-order valence-electron chi connectivity index (χ2n) is 8.93. The van der Waals surface area contributed by atoms with Gasteiger partial charge in [-0.1, -0.05) is 6.07 Å². The van der Waals surface area contributed by atoms with E-state index in [9.17, 15) is 13.6 Å². The van der Waals surface area contributed by atoms with Gasteiger partial charge in [-0.25, -0.2) is 13.3 Å². The predicted molar refractivity (Wildman–Crippen MR) is 128 cm³/mol. The predicted octanol–water partition coefficient (Wildman–Crippen LogP) is 2.85. The van der Waals surface area contributed by atoms with E-state index in [4.69, 9.17) is 5.11 Å². The minimum absolute atomic E-state index is 0.000207. The van der Waals surface area contributed by atoms with Crippen molar-refractivity contribution >= 4 is 17.1 Å². The maximum Gasteiger partial charge on any atom is 0.259 e. The van der Waals surface area contributed by atoms with Crippen LogP contribution in [0.25, 0.3) is 22.3 Å². The van der Waals surface area contributed by atoms with Crippen LogP contribution >= 0.6 is 0 Å². The maximum atomic E-state index is 13.4. The first-order chi connectivity index (χ1) is 17.8. The smallest absolute Gasteiger partial charge is 0.259 e. The molecule has 37 heavy (non-hydrogen) atoms. The Morgan fingerprint density at radius 2 is 2.03 bits per heavy atom. The van der Waals surface area contributed by atoms with Crippen LogP contribution in [0.3, 0.4) is 0 Å². The minimum Gasteiger partial charge on any atom is -0.394 e. The van der Waals surface area contributed by atoms with Crippen molar-refractivity contribution in [2.45, 2.75) is 31.7 Å². The highest BCUT2D eigenvalue weighted by Gasteiger charge is 2.60. The number of benzene rings is 1. The van der Waals surface area contributed by atoms with Gasteiger partial charge in [-0.05, 0) is 47.5 Å². The summed E-state index contributed by atoms with van der Waals surface area (Å²) in [5, 5.41) is 32.3. The van der Waals surface area contributed by atoms with Gasteiger partial charge in [0.1, 0.15) is 0 Å². The van der Waals surface area contributed by atoms with Gasteiger partial charge < -0.3 is 10.4 Å². The molecular weight excluding hydrogens is 484 g/mol. The van der Waals surface area contributed by atoms with Crippen molar-refractivity contribution in [2.75, 3.05) is 11.9 Å². The number of hydrogen-bond acceptors (Lipinski definition) is 7. The molecule has 1 atom stereocenters. The Morgan fingerprint density at radius 3 is 2.81 bits per heavy atom. The minimum atomic E-state index is -2.78. The molecule has 1 unspecified atom stereocenters. The topological polar surface area (TPSA) is 128 Å². The monoisotopic (exact) mass is 505 g/mol. The molecule has 0 radical (unpaired) electrons. The van der Waals surface area contributed by atoms with E-state index in [1.165, 1.54) is 11.0 Å².